The number of nitriles is 1. The van der Waals surface area contributed by atoms with Gasteiger partial charge in [-0.3, -0.25) is 0 Å². The Hall–Kier alpha value is -3.48. The van der Waals surface area contributed by atoms with Crippen LogP contribution >= 0.6 is 11.6 Å². The summed E-state index contributed by atoms with van der Waals surface area (Å²) in [6.07, 6.45) is 2.91. The maximum atomic E-state index is 8.96. The van der Waals surface area contributed by atoms with Crippen molar-refractivity contribution in [3.05, 3.63) is 101 Å². The van der Waals surface area contributed by atoms with Gasteiger partial charge < -0.3 is 10.3 Å². The quantitative estimate of drug-likeness (QED) is 0.409. The fourth-order valence-electron chi connectivity index (χ4n) is 3.43. The molecule has 29 heavy (non-hydrogen) atoms. The van der Waals surface area contributed by atoms with E-state index in [0.717, 1.165) is 51.3 Å². The first-order valence-corrected chi connectivity index (χ1v) is 9.81. The van der Waals surface area contributed by atoms with Gasteiger partial charge in [-0.1, -0.05) is 48.5 Å². The number of aromatic nitrogens is 1. The molecule has 0 bridgehead atoms. The van der Waals surface area contributed by atoms with Crippen LogP contribution in [0.2, 0.25) is 5.02 Å². The van der Waals surface area contributed by atoms with Crippen molar-refractivity contribution >= 4 is 28.2 Å². The van der Waals surface area contributed by atoms with Crippen LogP contribution in [0.4, 0.5) is 0 Å². The van der Waals surface area contributed by atoms with Crippen LogP contribution < -0.4 is 5.32 Å². The highest BCUT2D eigenvalue weighted by molar-refractivity contribution is 6.31. The molecule has 0 spiro atoms. The van der Waals surface area contributed by atoms with Crippen molar-refractivity contribution in [1.82, 2.24) is 10.3 Å². The molecular weight excluding hydrogens is 378 g/mol. The highest BCUT2D eigenvalue weighted by Gasteiger charge is 2.06. The van der Waals surface area contributed by atoms with E-state index in [2.05, 4.69) is 35.1 Å². The second kappa shape index (κ2) is 8.26. The van der Waals surface area contributed by atoms with Crippen LogP contribution in [0.1, 0.15) is 16.7 Å². The molecule has 2 N–H and O–H groups in total. The number of rotatable bonds is 6. The lowest BCUT2D eigenvalue weighted by Crippen LogP contribution is -2.15. The number of nitrogens with one attached hydrogen (secondary N) is 2. The Kier molecular flexibility index (Phi) is 5.37. The zero-order valence-corrected chi connectivity index (χ0v) is 16.6. The van der Waals surface area contributed by atoms with Crippen LogP contribution in [0, 0.1) is 11.3 Å². The summed E-state index contributed by atoms with van der Waals surface area (Å²) in [7, 11) is 0. The van der Waals surface area contributed by atoms with Gasteiger partial charge in [0.05, 0.1) is 11.6 Å². The molecule has 4 rings (SSSR count). The Bertz CT molecular complexity index is 1210. The molecule has 0 aliphatic carbocycles. The second-order valence-electron chi connectivity index (χ2n) is 6.93. The van der Waals surface area contributed by atoms with Crippen LogP contribution in [0.3, 0.4) is 0 Å². The molecule has 0 aliphatic rings. The van der Waals surface area contributed by atoms with Gasteiger partial charge in [0.25, 0.3) is 0 Å². The Morgan fingerprint density at radius 3 is 2.66 bits per heavy atom. The van der Waals surface area contributed by atoms with Crippen molar-refractivity contribution in [2.75, 3.05) is 6.54 Å². The van der Waals surface area contributed by atoms with Crippen molar-refractivity contribution in [1.29, 1.82) is 5.26 Å². The van der Waals surface area contributed by atoms with Crippen LogP contribution in [0.15, 0.2) is 79.5 Å². The Labute approximate surface area is 175 Å². The molecule has 0 unspecified atom stereocenters. The minimum atomic E-state index is 0.662. The molecule has 4 heteroatoms. The molecule has 3 aromatic carbocycles. The normalized spacial score (nSPS) is 10.6. The lowest BCUT2D eigenvalue weighted by Gasteiger charge is -2.11. The highest BCUT2D eigenvalue weighted by atomic mass is 35.5. The van der Waals surface area contributed by atoms with E-state index in [4.69, 9.17) is 16.9 Å². The SMILES string of the molecule is C=C(NCCc1c[nH]c2ccc(Cl)cc12)c1cccc(-c2ccc(C#N)cc2)c1. The molecule has 3 nitrogen and oxygen atoms in total. The van der Waals surface area contributed by atoms with Crippen molar-refractivity contribution in [3.63, 3.8) is 0 Å². The molecule has 1 aromatic heterocycles. The topological polar surface area (TPSA) is 51.6 Å². The fourth-order valence-corrected chi connectivity index (χ4v) is 3.60. The maximum Gasteiger partial charge on any atom is 0.0991 e. The van der Waals surface area contributed by atoms with E-state index in [9.17, 15) is 0 Å². The van der Waals surface area contributed by atoms with Crippen LogP contribution in [-0.2, 0) is 6.42 Å². The summed E-state index contributed by atoms with van der Waals surface area (Å²) in [5, 5.41) is 14.3. The van der Waals surface area contributed by atoms with Gasteiger partial charge >= 0.3 is 0 Å². The van der Waals surface area contributed by atoms with Crippen LogP contribution in [-0.4, -0.2) is 11.5 Å². The number of halogens is 1. The molecular formula is C25H20ClN3. The standard InChI is InChI=1S/C25H20ClN3/c1-17(28-12-11-22-16-29-25-10-9-23(26)14-24(22)25)20-3-2-4-21(13-20)19-7-5-18(15-27)6-8-19/h2-10,13-14,16,28-29H,1,11-12H2. The second-order valence-corrected chi connectivity index (χ2v) is 7.37. The third-order valence-electron chi connectivity index (χ3n) is 5.02. The van der Waals surface area contributed by atoms with Gasteiger partial charge in [0.15, 0.2) is 0 Å². The molecule has 0 radical (unpaired) electrons. The molecule has 0 aliphatic heterocycles. The number of H-pyrrole nitrogens is 1. The summed E-state index contributed by atoms with van der Waals surface area (Å²) in [5.41, 5.74) is 7.10. The van der Waals surface area contributed by atoms with Gasteiger partial charge in [0.1, 0.15) is 0 Å². The molecule has 0 saturated carbocycles. The predicted molar refractivity (Wildman–Crippen MR) is 121 cm³/mol. The highest BCUT2D eigenvalue weighted by Crippen LogP contribution is 2.24. The molecule has 142 valence electrons. The Balaban J connectivity index is 1.43. The minimum absolute atomic E-state index is 0.662. The van der Waals surface area contributed by atoms with E-state index in [1.807, 2.05) is 60.8 Å². The zero-order chi connectivity index (χ0) is 20.2. The van der Waals surface area contributed by atoms with E-state index < -0.39 is 0 Å². The largest absolute Gasteiger partial charge is 0.385 e. The fraction of sp³-hybridized carbons (Fsp3) is 0.0800. The lowest BCUT2D eigenvalue weighted by atomic mass is 10.0. The first-order chi connectivity index (χ1) is 14.1. The third-order valence-corrected chi connectivity index (χ3v) is 5.26. The van der Waals surface area contributed by atoms with Crippen molar-refractivity contribution < 1.29 is 0 Å². The van der Waals surface area contributed by atoms with E-state index in [0.29, 0.717) is 5.56 Å². The smallest absolute Gasteiger partial charge is 0.0991 e. The zero-order valence-electron chi connectivity index (χ0n) is 15.9. The first-order valence-electron chi connectivity index (χ1n) is 9.43. The molecule has 4 aromatic rings. The van der Waals surface area contributed by atoms with Gasteiger partial charge in [0.2, 0.25) is 0 Å². The summed E-state index contributed by atoms with van der Waals surface area (Å²) < 4.78 is 0. The monoisotopic (exact) mass is 397 g/mol. The third kappa shape index (κ3) is 4.18. The van der Waals surface area contributed by atoms with Crippen molar-refractivity contribution in [2.45, 2.75) is 6.42 Å². The van der Waals surface area contributed by atoms with Gasteiger partial charge in [-0.25, -0.2) is 0 Å². The average molecular weight is 398 g/mol. The summed E-state index contributed by atoms with van der Waals surface area (Å²) in [6, 6.07) is 23.9. The van der Waals surface area contributed by atoms with E-state index in [-0.39, 0.29) is 0 Å². The van der Waals surface area contributed by atoms with Gasteiger partial charge in [-0.05, 0) is 65.1 Å². The van der Waals surface area contributed by atoms with Gasteiger partial charge in [-0.2, -0.15) is 5.26 Å². The Morgan fingerprint density at radius 2 is 1.86 bits per heavy atom. The number of hydrogen-bond acceptors (Lipinski definition) is 2. The average Bonchev–Trinajstić information content (AvgIpc) is 3.16. The van der Waals surface area contributed by atoms with Gasteiger partial charge in [0, 0.05) is 34.4 Å². The lowest BCUT2D eigenvalue weighted by molar-refractivity contribution is 0.853. The van der Waals surface area contributed by atoms with Crippen molar-refractivity contribution in [2.24, 2.45) is 0 Å². The summed E-state index contributed by atoms with van der Waals surface area (Å²) in [5.74, 6) is 0. The summed E-state index contributed by atoms with van der Waals surface area (Å²) >= 11 is 6.13. The van der Waals surface area contributed by atoms with Crippen LogP contribution in [0.25, 0.3) is 27.7 Å². The number of fused-ring (bicyclic) bond motifs is 1. The summed E-state index contributed by atoms with van der Waals surface area (Å²) in [4.78, 5) is 3.29. The number of hydrogen-bond donors (Lipinski definition) is 2. The first kappa shape index (κ1) is 18.9. The maximum absolute atomic E-state index is 8.96. The molecule has 0 atom stereocenters. The van der Waals surface area contributed by atoms with E-state index in [1.165, 1.54) is 5.56 Å². The van der Waals surface area contributed by atoms with E-state index >= 15 is 0 Å². The van der Waals surface area contributed by atoms with Crippen LogP contribution in [0.5, 0.6) is 0 Å². The molecule has 0 fully saturated rings. The number of nitrogens with zero attached hydrogens (tertiary/aromatic N) is 1. The Morgan fingerprint density at radius 1 is 1.03 bits per heavy atom. The van der Waals surface area contributed by atoms with Crippen molar-refractivity contribution in [3.8, 4) is 17.2 Å². The number of aromatic amines is 1. The summed E-state index contributed by atoms with van der Waals surface area (Å²) in [6.45, 7) is 4.98. The predicted octanol–water partition coefficient (Wildman–Crippen LogP) is 6.16. The number of benzene rings is 3. The molecule has 0 saturated heterocycles. The molecule has 1 heterocycles. The van der Waals surface area contributed by atoms with Gasteiger partial charge in [-0.15, -0.1) is 0 Å². The minimum Gasteiger partial charge on any atom is -0.385 e. The van der Waals surface area contributed by atoms with E-state index in [1.54, 1.807) is 0 Å². The molecule has 0 amide bonds.